The van der Waals surface area contributed by atoms with Crippen molar-refractivity contribution >= 4 is 0 Å². The summed E-state index contributed by atoms with van der Waals surface area (Å²) in [6, 6.07) is 1.47. The van der Waals surface area contributed by atoms with Gasteiger partial charge in [-0.25, -0.2) is 0 Å². The molecule has 0 saturated heterocycles. The second-order valence-corrected chi connectivity index (χ2v) is 7.63. The van der Waals surface area contributed by atoms with Gasteiger partial charge in [-0.1, -0.05) is 44.9 Å². The molecule has 116 valence electrons. The van der Waals surface area contributed by atoms with E-state index < -0.39 is 0 Å². The van der Waals surface area contributed by atoms with Crippen molar-refractivity contribution in [2.75, 3.05) is 0 Å². The fourth-order valence-corrected chi connectivity index (χ4v) is 5.04. The monoisotopic (exact) mass is 279 g/mol. The van der Waals surface area contributed by atoms with E-state index in [0.29, 0.717) is 6.04 Å². The Morgan fingerprint density at radius 1 is 0.650 bits per heavy atom. The molecule has 2 heteroatoms. The predicted molar refractivity (Wildman–Crippen MR) is 83.7 cm³/mol. The zero-order chi connectivity index (χ0) is 13.8. The van der Waals surface area contributed by atoms with E-state index in [1.165, 1.54) is 70.6 Å². The minimum Gasteiger partial charge on any atom is -0.393 e. The standard InChI is InChI=1S/C18H33NO/c20-16-12-10-15(11-13-16)19-18-9-5-4-8-17(18)14-6-2-1-3-7-14/h14-20H,1-13H2. The summed E-state index contributed by atoms with van der Waals surface area (Å²) in [5.41, 5.74) is 0. The van der Waals surface area contributed by atoms with Gasteiger partial charge in [0.15, 0.2) is 0 Å². The smallest absolute Gasteiger partial charge is 0.0541 e. The number of aliphatic hydroxyl groups is 1. The van der Waals surface area contributed by atoms with Gasteiger partial charge in [0.1, 0.15) is 0 Å². The molecular weight excluding hydrogens is 246 g/mol. The molecule has 0 bridgehead atoms. The zero-order valence-electron chi connectivity index (χ0n) is 13.0. The van der Waals surface area contributed by atoms with Gasteiger partial charge in [0, 0.05) is 12.1 Å². The first-order valence-corrected chi connectivity index (χ1v) is 9.27. The van der Waals surface area contributed by atoms with Crippen molar-refractivity contribution in [3.63, 3.8) is 0 Å². The van der Waals surface area contributed by atoms with Gasteiger partial charge in [-0.05, 0) is 50.4 Å². The maximum atomic E-state index is 9.66. The van der Waals surface area contributed by atoms with Gasteiger partial charge in [-0.3, -0.25) is 0 Å². The lowest BCUT2D eigenvalue weighted by Gasteiger charge is -2.42. The Morgan fingerprint density at radius 2 is 1.30 bits per heavy atom. The normalized spacial score (nSPS) is 40.6. The number of aliphatic hydroxyl groups excluding tert-OH is 1. The SMILES string of the molecule is OC1CCC(NC2CCCCC2C2CCCCC2)CC1. The van der Waals surface area contributed by atoms with Gasteiger partial charge in [0.2, 0.25) is 0 Å². The van der Waals surface area contributed by atoms with E-state index in [-0.39, 0.29) is 6.10 Å². The molecular formula is C18H33NO. The van der Waals surface area contributed by atoms with Gasteiger partial charge in [0.25, 0.3) is 0 Å². The molecule has 3 aliphatic rings. The van der Waals surface area contributed by atoms with Crippen LogP contribution in [0.1, 0.15) is 83.5 Å². The first kappa shape index (κ1) is 14.8. The Kier molecular flexibility index (Phi) is 5.39. The van der Waals surface area contributed by atoms with Crippen LogP contribution in [0.25, 0.3) is 0 Å². The van der Waals surface area contributed by atoms with Crippen molar-refractivity contribution in [2.45, 2.75) is 102 Å². The molecule has 0 aromatic carbocycles. The largest absolute Gasteiger partial charge is 0.393 e. The zero-order valence-corrected chi connectivity index (χ0v) is 13.0. The molecule has 20 heavy (non-hydrogen) atoms. The van der Waals surface area contributed by atoms with Gasteiger partial charge < -0.3 is 10.4 Å². The Hall–Kier alpha value is -0.0800. The molecule has 0 spiro atoms. The van der Waals surface area contributed by atoms with Crippen LogP contribution < -0.4 is 5.32 Å². The number of hydrogen-bond donors (Lipinski definition) is 2. The lowest BCUT2D eigenvalue weighted by atomic mass is 9.70. The van der Waals surface area contributed by atoms with Crippen molar-refractivity contribution in [3.05, 3.63) is 0 Å². The van der Waals surface area contributed by atoms with Crippen molar-refractivity contribution in [2.24, 2.45) is 11.8 Å². The number of rotatable bonds is 3. The van der Waals surface area contributed by atoms with E-state index in [1.807, 2.05) is 0 Å². The highest BCUT2D eigenvalue weighted by Crippen LogP contribution is 2.39. The first-order chi connectivity index (χ1) is 9.83. The third-order valence-electron chi connectivity index (χ3n) is 6.22. The Labute approximate surface area is 124 Å². The number of nitrogens with one attached hydrogen (secondary N) is 1. The van der Waals surface area contributed by atoms with Gasteiger partial charge in [-0.2, -0.15) is 0 Å². The van der Waals surface area contributed by atoms with Crippen LogP contribution in [0, 0.1) is 11.8 Å². The van der Waals surface area contributed by atoms with E-state index in [1.54, 1.807) is 0 Å². The third kappa shape index (κ3) is 3.76. The van der Waals surface area contributed by atoms with Gasteiger partial charge in [0.05, 0.1) is 6.10 Å². The van der Waals surface area contributed by atoms with E-state index in [2.05, 4.69) is 5.32 Å². The maximum Gasteiger partial charge on any atom is 0.0541 e. The average molecular weight is 279 g/mol. The Balaban J connectivity index is 1.54. The number of hydrogen-bond acceptors (Lipinski definition) is 2. The van der Waals surface area contributed by atoms with Crippen LogP contribution in [0.3, 0.4) is 0 Å². The fourth-order valence-electron chi connectivity index (χ4n) is 5.04. The van der Waals surface area contributed by atoms with Crippen molar-refractivity contribution in [1.82, 2.24) is 5.32 Å². The molecule has 3 rings (SSSR count). The third-order valence-corrected chi connectivity index (χ3v) is 6.22. The van der Waals surface area contributed by atoms with E-state index in [0.717, 1.165) is 30.7 Å². The van der Waals surface area contributed by atoms with Gasteiger partial charge in [-0.15, -0.1) is 0 Å². The summed E-state index contributed by atoms with van der Waals surface area (Å²) in [4.78, 5) is 0. The van der Waals surface area contributed by atoms with E-state index in [4.69, 9.17) is 0 Å². The molecule has 0 amide bonds. The fraction of sp³-hybridized carbons (Fsp3) is 1.00. The quantitative estimate of drug-likeness (QED) is 0.818. The predicted octanol–water partition coefficient (Wildman–Crippen LogP) is 4.02. The lowest BCUT2D eigenvalue weighted by molar-refractivity contribution is 0.0963. The molecule has 3 fully saturated rings. The summed E-state index contributed by atoms with van der Waals surface area (Å²) in [5, 5.41) is 13.7. The molecule has 2 unspecified atom stereocenters. The Morgan fingerprint density at radius 3 is 2.05 bits per heavy atom. The summed E-state index contributed by atoms with van der Waals surface area (Å²) in [5.74, 6) is 1.96. The summed E-state index contributed by atoms with van der Waals surface area (Å²) >= 11 is 0. The van der Waals surface area contributed by atoms with Crippen LogP contribution >= 0.6 is 0 Å². The molecule has 0 heterocycles. The second kappa shape index (κ2) is 7.26. The minimum absolute atomic E-state index is 0.0199. The highest BCUT2D eigenvalue weighted by Gasteiger charge is 2.34. The topological polar surface area (TPSA) is 32.3 Å². The van der Waals surface area contributed by atoms with Crippen LogP contribution in [0.5, 0.6) is 0 Å². The van der Waals surface area contributed by atoms with Crippen molar-refractivity contribution in [1.29, 1.82) is 0 Å². The second-order valence-electron chi connectivity index (χ2n) is 7.63. The molecule has 0 radical (unpaired) electrons. The maximum absolute atomic E-state index is 9.66. The molecule has 3 aliphatic carbocycles. The molecule has 2 N–H and O–H groups in total. The molecule has 2 atom stereocenters. The van der Waals surface area contributed by atoms with Crippen LogP contribution in [0.2, 0.25) is 0 Å². The van der Waals surface area contributed by atoms with Crippen molar-refractivity contribution < 1.29 is 5.11 Å². The van der Waals surface area contributed by atoms with Crippen LogP contribution in [-0.2, 0) is 0 Å². The summed E-state index contributed by atoms with van der Waals surface area (Å²) in [6.45, 7) is 0. The Bertz CT molecular complexity index is 279. The minimum atomic E-state index is -0.0199. The summed E-state index contributed by atoms with van der Waals surface area (Å²) < 4.78 is 0. The first-order valence-electron chi connectivity index (χ1n) is 9.27. The van der Waals surface area contributed by atoms with Crippen LogP contribution in [0.4, 0.5) is 0 Å². The van der Waals surface area contributed by atoms with Crippen LogP contribution in [-0.4, -0.2) is 23.3 Å². The van der Waals surface area contributed by atoms with Crippen molar-refractivity contribution in [3.8, 4) is 0 Å². The summed E-state index contributed by atoms with van der Waals surface area (Å²) in [6.07, 6.45) is 17.6. The highest BCUT2D eigenvalue weighted by atomic mass is 16.3. The molecule has 2 nitrogen and oxygen atoms in total. The summed E-state index contributed by atoms with van der Waals surface area (Å²) in [7, 11) is 0. The van der Waals surface area contributed by atoms with E-state index >= 15 is 0 Å². The molecule has 0 aromatic heterocycles. The van der Waals surface area contributed by atoms with Crippen LogP contribution in [0.15, 0.2) is 0 Å². The molecule has 3 saturated carbocycles. The average Bonchev–Trinajstić information content (AvgIpc) is 2.51. The van der Waals surface area contributed by atoms with E-state index in [9.17, 15) is 5.11 Å². The van der Waals surface area contributed by atoms with Gasteiger partial charge >= 0.3 is 0 Å². The molecule has 0 aliphatic heterocycles. The lowest BCUT2D eigenvalue weighted by Crippen LogP contribution is -2.48. The highest BCUT2D eigenvalue weighted by molar-refractivity contribution is 4.90. The molecule has 0 aromatic rings.